The Labute approximate surface area is 179 Å². The fraction of sp³-hybridized carbons (Fsp3) is 0.826. The topological polar surface area (TPSA) is 97.1 Å². The molecule has 1 atom stereocenters. The van der Waals surface area contributed by atoms with Gasteiger partial charge in [-0.15, -0.1) is 0 Å². The Morgan fingerprint density at radius 2 is 1.60 bits per heavy atom. The zero-order chi connectivity index (χ0) is 21.0. The predicted octanol–water partition coefficient (Wildman–Crippen LogP) is 4.09. The number of carbonyl (C=O) groups is 2. The van der Waals surface area contributed by atoms with Crippen molar-refractivity contribution in [2.24, 2.45) is 5.92 Å². The van der Waals surface area contributed by atoms with Gasteiger partial charge < -0.3 is 15.2 Å². The van der Waals surface area contributed by atoms with Gasteiger partial charge in [-0.05, 0) is 45.4 Å². The standard InChI is InChI=1S/C23H36N4O3/c1-16(24-20(29)17-10-4-5-11-17)19(28)26-23(14-8-2-3-9-15-23)22-25-21(30-27-22)18-12-6-7-13-18/h16-18H,2-15H2,1H3,(H,24,29)(H,26,28). The summed E-state index contributed by atoms with van der Waals surface area (Å²) in [7, 11) is 0. The molecule has 1 unspecified atom stereocenters. The lowest BCUT2D eigenvalue weighted by molar-refractivity contribution is -0.131. The van der Waals surface area contributed by atoms with Gasteiger partial charge in [0.1, 0.15) is 11.6 Å². The molecule has 4 rings (SSSR count). The number of hydrogen-bond acceptors (Lipinski definition) is 5. The molecule has 3 aliphatic carbocycles. The highest BCUT2D eigenvalue weighted by atomic mass is 16.5. The molecule has 166 valence electrons. The summed E-state index contributed by atoms with van der Waals surface area (Å²) >= 11 is 0. The molecule has 0 aromatic carbocycles. The lowest BCUT2D eigenvalue weighted by Gasteiger charge is -2.32. The van der Waals surface area contributed by atoms with Crippen molar-refractivity contribution in [2.45, 2.75) is 114 Å². The molecular weight excluding hydrogens is 380 g/mol. The van der Waals surface area contributed by atoms with E-state index in [0.717, 1.165) is 82.9 Å². The van der Waals surface area contributed by atoms with Gasteiger partial charge in [0.25, 0.3) is 0 Å². The van der Waals surface area contributed by atoms with Crippen molar-refractivity contribution >= 4 is 11.8 Å². The Balaban J connectivity index is 1.47. The van der Waals surface area contributed by atoms with Crippen LogP contribution in [0.15, 0.2) is 4.52 Å². The number of rotatable bonds is 6. The molecule has 1 heterocycles. The summed E-state index contributed by atoms with van der Waals surface area (Å²) < 4.78 is 5.66. The van der Waals surface area contributed by atoms with Crippen molar-refractivity contribution in [1.82, 2.24) is 20.8 Å². The average molecular weight is 417 g/mol. The first-order valence-corrected chi connectivity index (χ1v) is 12.0. The van der Waals surface area contributed by atoms with Crippen LogP contribution in [0.2, 0.25) is 0 Å². The smallest absolute Gasteiger partial charge is 0.243 e. The van der Waals surface area contributed by atoms with Crippen LogP contribution in [-0.2, 0) is 15.1 Å². The van der Waals surface area contributed by atoms with Gasteiger partial charge >= 0.3 is 0 Å². The molecule has 0 saturated heterocycles. The maximum absolute atomic E-state index is 13.1. The van der Waals surface area contributed by atoms with Gasteiger partial charge in [-0.1, -0.05) is 56.5 Å². The van der Waals surface area contributed by atoms with E-state index in [0.29, 0.717) is 11.7 Å². The van der Waals surface area contributed by atoms with Crippen LogP contribution in [-0.4, -0.2) is 28.0 Å². The van der Waals surface area contributed by atoms with E-state index in [1.807, 2.05) is 0 Å². The molecule has 0 bridgehead atoms. The van der Waals surface area contributed by atoms with Gasteiger partial charge in [0.05, 0.1) is 0 Å². The van der Waals surface area contributed by atoms with Crippen LogP contribution in [0.4, 0.5) is 0 Å². The summed E-state index contributed by atoms with van der Waals surface area (Å²) in [4.78, 5) is 30.4. The highest BCUT2D eigenvalue weighted by molar-refractivity contribution is 5.88. The van der Waals surface area contributed by atoms with Gasteiger partial charge in [0.2, 0.25) is 17.7 Å². The molecule has 0 spiro atoms. The van der Waals surface area contributed by atoms with E-state index in [1.54, 1.807) is 6.92 Å². The van der Waals surface area contributed by atoms with Crippen LogP contribution >= 0.6 is 0 Å². The second-order valence-corrected chi connectivity index (χ2v) is 9.63. The van der Waals surface area contributed by atoms with E-state index in [1.165, 1.54) is 12.8 Å². The maximum Gasteiger partial charge on any atom is 0.243 e. The zero-order valence-corrected chi connectivity index (χ0v) is 18.3. The van der Waals surface area contributed by atoms with Crippen LogP contribution in [0.1, 0.15) is 114 Å². The minimum atomic E-state index is -0.597. The molecule has 2 N–H and O–H groups in total. The molecule has 7 heteroatoms. The van der Waals surface area contributed by atoms with Gasteiger partial charge in [0.15, 0.2) is 5.82 Å². The van der Waals surface area contributed by atoms with Gasteiger partial charge in [-0.25, -0.2) is 0 Å². The summed E-state index contributed by atoms with van der Waals surface area (Å²) in [6.07, 6.45) is 14.7. The SMILES string of the molecule is CC(NC(=O)C1CCCC1)C(=O)NC1(c2noc(C3CCCC3)n2)CCCCCC1. The van der Waals surface area contributed by atoms with Crippen LogP contribution in [0.3, 0.4) is 0 Å². The molecule has 3 fully saturated rings. The highest BCUT2D eigenvalue weighted by Gasteiger charge is 2.41. The Kier molecular flexibility index (Phi) is 6.74. The monoisotopic (exact) mass is 416 g/mol. The van der Waals surface area contributed by atoms with E-state index in [-0.39, 0.29) is 17.7 Å². The normalized spacial score (nSPS) is 23.8. The quantitative estimate of drug-likeness (QED) is 0.681. The molecule has 3 aliphatic rings. The Morgan fingerprint density at radius 1 is 0.967 bits per heavy atom. The molecule has 3 saturated carbocycles. The summed E-state index contributed by atoms with van der Waals surface area (Å²) in [5.74, 6) is 1.60. The minimum Gasteiger partial charge on any atom is -0.344 e. The molecule has 1 aromatic heterocycles. The number of hydrogen-bond donors (Lipinski definition) is 2. The number of amides is 2. The first kappa shape index (κ1) is 21.3. The fourth-order valence-corrected chi connectivity index (χ4v) is 5.43. The molecular formula is C23H36N4O3. The first-order valence-electron chi connectivity index (χ1n) is 12.0. The van der Waals surface area contributed by atoms with Crippen molar-refractivity contribution < 1.29 is 14.1 Å². The van der Waals surface area contributed by atoms with Gasteiger partial charge in [-0.3, -0.25) is 9.59 Å². The predicted molar refractivity (Wildman–Crippen MR) is 113 cm³/mol. The third-order valence-corrected chi connectivity index (χ3v) is 7.37. The van der Waals surface area contributed by atoms with Crippen molar-refractivity contribution in [1.29, 1.82) is 0 Å². The van der Waals surface area contributed by atoms with Crippen LogP contribution in [0.5, 0.6) is 0 Å². The van der Waals surface area contributed by atoms with Crippen LogP contribution in [0.25, 0.3) is 0 Å². The number of nitrogens with one attached hydrogen (secondary N) is 2. The Morgan fingerprint density at radius 3 is 2.27 bits per heavy atom. The lowest BCUT2D eigenvalue weighted by Crippen LogP contribution is -2.54. The molecule has 2 amide bonds. The molecule has 0 aliphatic heterocycles. The summed E-state index contributed by atoms with van der Waals surface area (Å²) in [5, 5.41) is 10.5. The van der Waals surface area contributed by atoms with Crippen molar-refractivity contribution in [3.63, 3.8) is 0 Å². The van der Waals surface area contributed by atoms with Crippen molar-refractivity contribution in [3.05, 3.63) is 11.7 Å². The lowest BCUT2D eigenvalue weighted by atomic mass is 9.88. The zero-order valence-electron chi connectivity index (χ0n) is 18.3. The Hall–Kier alpha value is -1.92. The van der Waals surface area contributed by atoms with E-state index in [4.69, 9.17) is 9.51 Å². The average Bonchev–Trinajstić information content (AvgIpc) is 3.49. The molecule has 30 heavy (non-hydrogen) atoms. The summed E-state index contributed by atoms with van der Waals surface area (Å²) in [5.41, 5.74) is -0.597. The van der Waals surface area contributed by atoms with Gasteiger partial charge in [0, 0.05) is 11.8 Å². The highest BCUT2D eigenvalue weighted by Crippen LogP contribution is 2.38. The van der Waals surface area contributed by atoms with Crippen molar-refractivity contribution in [3.8, 4) is 0 Å². The Bertz CT molecular complexity index is 727. The van der Waals surface area contributed by atoms with Crippen LogP contribution in [0, 0.1) is 5.92 Å². The third kappa shape index (κ3) is 4.70. The minimum absolute atomic E-state index is 0.00754. The first-order chi connectivity index (χ1) is 14.6. The van der Waals surface area contributed by atoms with E-state index in [2.05, 4.69) is 15.8 Å². The number of aromatic nitrogens is 2. The van der Waals surface area contributed by atoms with Gasteiger partial charge in [-0.2, -0.15) is 4.98 Å². The maximum atomic E-state index is 13.1. The largest absolute Gasteiger partial charge is 0.344 e. The van der Waals surface area contributed by atoms with E-state index >= 15 is 0 Å². The third-order valence-electron chi connectivity index (χ3n) is 7.37. The van der Waals surface area contributed by atoms with E-state index < -0.39 is 11.6 Å². The number of carbonyl (C=O) groups excluding carboxylic acids is 2. The second-order valence-electron chi connectivity index (χ2n) is 9.63. The number of nitrogens with zero attached hydrogens (tertiary/aromatic N) is 2. The molecule has 7 nitrogen and oxygen atoms in total. The molecule has 0 radical (unpaired) electrons. The summed E-state index contributed by atoms with van der Waals surface area (Å²) in [6, 6.07) is -0.570. The fourth-order valence-electron chi connectivity index (χ4n) is 5.43. The molecule has 1 aromatic rings. The van der Waals surface area contributed by atoms with E-state index in [9.17, 15) is 9.59 Å². The summed E-state index contributed by atoms with van der Waals surface area (Å²) in [6.45, 7) is 1.77. The second kappa shape index (κ2) is 9.48. The van der Waals surface area contributed by atoms with Crippen LogP contribution < -0.4 is 10.6 Å². The van der Waals surface area contributed by atoms with Crippen molar-refractivity contribution in [2.75, 3.05) is 0 Å².